The van der Waals surface area contributed by atoms with E-state index in [-0.39, 0.29) is 24.5 Å². The van der Waals surface area contributed by atoms with Crippen LogP contribution in [0, 0.1) is 5.82 Å². The lowest BCUT2D eigenvalue weighted by molar-refractivity contribution is 0.0528. The summed E-state index contributed by atoms with van der Waals surface area (Å²) >= 11 is 0. The Morgan fingerprint density at radius 3 is 3.03 bits per heavy atom. The predicted octanol–water partition coefficient (Wildman–Crippen LogP) is 3.06. The minimum atomic E-state index is -0.451. The average Bonchev–Trinajstić information content (AvgIpc) is 3.39. The molecule has 0 amide bonds. The molecule has 0 aromatic carbocycles. The summed E-state index contributed by atoms with van der Waals surface area (Å²) in [6.07, 6.45) is 7.80. The van der Waals surface area contributed by atoms with E-state index in [1.165, 1.54) is 12.4 Å². The number of ether oxygens (including phenoxy) is 1. The fourth-order valence-electron chi connectivity index (χ4n) is 4.08. The number of halogens is 1. The second-order valence-electron chi connectivity index (χ2n) is 7.89. The number of pyridine rings is 1. The van der Waals surface area contributed by atoms with Gasteiger partial charge in [0.05, 0.1) is 25.0 Å². The summed E-state index contributed by atoms with van der Waals surface area (Å²) in [4.78, 5) is 23.5. The van der Waals surface area contributed by atoms with E-state index in [0.29, 0.717) is 23.4 Å². The van der Waals surface area contributed by atoms with Gasteiger partial charge in [-0.1, -0.05) is 0 Å². The van der Waals surface area contributed by atoms with Crippen molar-refractivity contribution in [3.8, 4) is 0 Å². The Hall–Kier alpha value is -3.07. The summed E-state index contributed by atoms with van der Waals surface area (Å²) < 4.78 is 20.8. The van der Waals surface area contributed by atoms with Gasteiger partial charge in [0.2, 0.25) is 0 Å². The van der Waals surface area contributed by atoms with Crippen molar-refractivity contribution in [3.63, 3.8) is 0 Å². The highest BCUT2D eigenvalue weighted by Gasteiger charge is 2.30. The minimum absolute atomic E-state index is 0.0461. The fraction of sp³-hybridized carbons (Fsp3) is 0.455. The SMILES string of the molecule is CCOC(=O)c1cnn2ccc(N3CCCC3c3cc(F)cnc3CCC(C)N)nc12. The first kappa shape index (κ1) is 21.2. The Morgan fingerprint density at radius 2 is 2.26 bits per heavy atom. The molecule has 1 aliphatic heterocycles. The molecule has 4 rings (SSSR count). The number of nitrogens with zero attached hydrogens (tertiary/aromatic N) is 5. The van der Waals surface area contributed by atoms with Crippen LogP contribution in [0.5, 0.6) is 0 Å². The van der Waals surface area contributed by atoms with Crippen molar-refractivity contribution in [3.05, 3.63) is 53.4 Å². The summed E-state index contributed by atoms with van der Waals surface area (Å²) in [6, 6.07) is 3.44. The van der Waals surface area contributed by atoms with Crippen LogP contribution in [0.25, 0.3) is 5.65 Å². The van der Waals surface area contributed by atoms with Crippen molar-refractivity contribution in [2.75, 3.05) is 18.1 Å². The lowest BCUT2D eigenvalue weighted by Crippen LogP contribution is -2.25. The van der Waals surface area contributed by atoms with E-state index in [2.05, 4.69) is 15.0 Å². The number of hydrogen-bond acceptors (Lipinski definition) is 7. The molecule has 0 radical (unpaired) electrons. The van der Waals surface area contributed by atoms with Crippen molar-refractivity contribution in [1.82, 2.24) is 19.6 Å². The van der Waals surface area contributed by atoms with Gasteiger partial charge in [-0.05, 0) is 57.2 Å². The Morgan fingerprint density at radius 1 is 1.42 bits per heavy atom. The molecule has 31 heavy (non-hydrogen) atoms. The van der Waals surface area contributed by atoms with E-state index < -0.39 is 5.97 Å². The molecule has 0 bridgehead atoms. The van der Waals surface area contributed by atoms with Crippen LogP contribution in [0.15, 0.2) is 30.7 Å². The van der Waals surface area contributed by atoms with E-state index >= 15 is 0 Å². The first-order valence-corrected chi connectivity index (χ1v) is 10.7. The molecule has 0 aliphatic carbocycles. The molecular weight excluding hydrogens is 399 g/mol. The number of hydrogen-bond donors (Lipinski definition) is 1. The number of esters is 1. The van der Waals surface area contributed by atoms with Gasteiger partial charge in [-0.15, -0.1) is 0 Å². The van der Waals surface area contributed by atoms with E-state index in [4.69, 9.17) is 15.5 Å². The maximum absolute atomic E-state index is 14.1. The molecule has 1 aliphatic rings. The number of carbonyl (C=O) groups is 1. The van der Waals surface area contributed by atoms with Gasteiger partial charge < -0.3 is 15.4 Å². The van der Waals surface area contributed by atoms with Gasteiger partial charge in [0.15, 0.2) is 5.65 Å². The van der Waals surface area contributed by atoms with E-state index in [0.717, 1.165) is 37.1 Å². The number of aryl methyl sites for hydroxylation is 1. The Kier molecular flexibility index (Phi) is 6.13. The van der Waals surface area contributed by atoms with Gasteiger partial charge in [-0.3, -0.25) is 4.98 Å². The summed E-state index contributed by atoms with van der Waals surface area (Å²) in [5.41, 5.74) is 8.43. The highest BCUT2D eigenvalue weighted by Crippen LogP contribution is 2.37. The van der Waals surface area contributed by atoms with Gasteiger partial charge in [0.25, 0.3) is 0 Å². The van der Waals surface area contributed by atoms with Gasteiger partial charge >= 0.3 is 5.97 Å². The number of rotatable bonds is 7. The molecule has 1 fully saturated rings. The maximum atomic E-state index is 14.1. The van der Waals surface area contributed by atoms with Gasteiger partial charge in [0, 0.05) is 24.5 Å². The topological polar surface area (TPSA) is 98.6 Å². The number of fused-ring (bicyclic) bond motifs is 1. The molecule has 2 N–H and O–H groups in total. The highest BCUT2D eigenvalue weighted by atomic mass is 19.1. The number of nitrogens with two attached hydrogens (primary N) is 1. The van der Waals surface area contributed by atoms with E-state index in [1.54, 1.807) is 23.7 Å². The second kappa shape index (κ2) is 8.97. The highest BCUT2D eigenvalue weighted by molar-refractivity contribution is 5.95. The molecule has 0 saturated carbocycles. The molecule has 2 atom stereocenters. The molecule has 8 nitrogen and oxygen atoms in total. The van der Waals surface area contributed by atoms with E-state index in [9.17, 15) is 9.18 Å². The Labute approximate surface area is 180 Å². The summed E-state index contributed by atoms with van der Waals surface area (Å²) in [5.74, 6) is -0.0914. The Bertz CT molecular complexity index is 1080. The second-order valence-corrected chi connectivity index (χ2v) is 7.89. The first-order valence-electron chi connectivity index (χ1n) is 10.7. The van der Waals surface area contributed by atoms with Crippen molar-refractivity contribution in [1.29, 1.82) is 0 Å². The average molecular weight is 426 g/mol. The molecule has 4 heterocycles. The maximum Gasteiger partial charge on any atom is 0.343 e. The zero-order valence-corrected chi connectivity index (χ0v) is 17.8. The lowest BCUT2D eigenvalue weighted by atomic mass is 9.98. The van der Waals surface area contributed by atoms with Crippen LogP contribution < -0.4 is 10.6 Å². The quantitative estimate of drug-likeness (QED) is 0.580. The third kappa shape index (κ3) is 4.36. The van der Waals surface area contributed by atoms with Crippen molar-refractivity contribution in [2.24, 2.45) is 5.73 Å². The molecule has 2 unspecified atom stereocenters. The molecule has 0 spiro atoms. The van der Waals surface area contributed by atoms with Gasteiger partial charge in [-0.2, -0.15) is 5.10 Å². The van der Waals surface area contributed by atoms with Crippen LogP contribution in [0.3, 0.4) is 0 Å². The standard InChI is InChI=1S/C22H27FN6O2/c1-3-31-22(30)17-13-26-29-10-8-20(27-21(17)29)28-9-4-5-19(28)16-11-15(23)12-25-18(16)7-6-14(2)24/h8,10-14,19H,3-7,9,24H2,1-2H3. The predicted molar refractivity (Wildman–Crippen MR) is 114 cm³/mol. The zero-order chi connectivity index (χ0) is 22.0. The summed E-state index contributed by atoms with van der Waals surface area (Å²) in [7, 11) is 0. The molecule has 164 valence electrons. The van der Waals surface area contributed by atoms with E-state index in [1.807, 2.05) is 13.0 Å². The molecule has 9 heteroatoms. The van der Waals surface area contributed by atoms with Crippen molar-refractivity contribution >= 4 is 17.4 Å². The van der Waals surface area contributed by atoms with Crippen LogP contribution >= 0.6 is 0 Å². The minimum Gasteiger partial charge on any atom is -0.462 e. The lowest BCUT2D eigenvalue weighted by Gasteiger charge is -2.27. The molecule has 3 aromatic heterocycles. The van der Waals surface area contributed by atoms with Crippen molar-refractivity contribution < 1.29 is 13.9 Å². The third-order valence-corrected chi connectivity index (χ3v) is 5.56. The van der Waals surface area contributed by atoms with Crippen LogP contribution in [0.4, 0.5) is 10.2 Å². The first-order chi connectivity index (χ1) is 15.0. The number of aromatic nitrogens is 4. The van der Waals surface area contributed by atoms with Crippen LogP contribution in [0.1, 0.15) is 60.8 Å². The van der Waals surface area contributed by atoms with Crippen molar-refractivity contribution in [2.45, 2.75) is 51.6 Å². The smallest absolute Gasteiger partial charge is 0.343 e. The summed E-state index contributed by atoms with van der Waals surface area (Å²) in [5, 5.41) is 4.20. The zero-order valence-electron chi connectivity index (χ0n) is 17.8. The van der Waals surface area contributed by atoms with Crippen LogP contribution in [0.2, 0.25) is 0 Å². The molecular formula is C22H27FN6O2. The van der Waals surface area contributed by atoms with Gasteiger partial charge in [0.1, 0.15) is 17.2 Å². The van der Waals surface area contributed by atoms with Gasteiger partial charge in [-0.25, -0.2) is 18.7 Å². The largest absolute Gasteiger partial charge is 0.462 e. The van der Waals surface area contributed by atoms with Crippen LogP contribution in [-0.2, 0) is 11.2 Å². The number of carbonyl (C=O) groups excluding carboxylic acids is 1. The fourth-order valence-corrected chi connectivity index (χ4v) is 4.08. The normalized spacial score (nSPS) is 17.3. The third-order valence-electron chi connectivity index (χ3n) is 5.56. The monoisotopic (exact) mass is 426 g/mol. The molecule has 3 aromatic rings. The summed E-state index contributed by atoms with van der Waals surface area (Å²) in [6.45, 7) is 4.77. The number of anilines is 1. The van der Waals surface area contributed by atoms with Crippen LogP contribution in [-0.4, -0.2) is 44.7 Å². The molecule has 1 saturated heterocycles. The Balaban J connectivity index is 1.69.